The number of hydrogen-bond acceptors (Lipinski definition) is 4. The third kappa shape index (κ3) is 4.36. The van der Waals surface area contributed by atoms with Crippen LogP contribution in [0.4, 0.5) is 5.69 Å². The number of aryl methyl sites for hydroxylation is 1. The van der Waals surface area contributed by atoms with Crippen LogP contribution in [-0.2, 0) is 11.4 Å². The number of nitrogens with zero attached hydrogens (tertiary/aromatic N) is 2. The lowest BCUT2D eigenvalue weighted by molar-refractivity contribution is -0.114. The number of carbonyl (C=O) groups excluding carboxylic acids is 1. The van der Waals surface area contributed by atoms with Gasteiger partial charge in [-0.15, -0.1) is 0 Å². The maximum atomic E-state index is 13.1. The van der Waals surface area contributed by atoms with Crippen LogP contribution < -0.4 is 14.5 Å². The van der Waals surface area contributed by atoms with Crippen molar-refractivity contribution in [1.29, 1.82) is 0 Å². The molecule has 156 valence electrons. The quantitative estimate of drug-likeness (QED) is 0.510. The van der Waals surface area contributed by atoms with E-state index in [2.05, 4.69) is 5.10 Å². The third-order valence-electron chi connectivity index (χ3n) is 5.06. The number of rotatable bonds is 6. The van der Waals surface area contributed by atoms with Crippen molar-refractivity contribution in [2.24, 2.45) is 5.10 Å². The first-order valence-electron chi connectivity index (χ1n) is 10.1. The predicted octanol–water partition coefficient (Wildman–Crippen LogP) is 5.39. The van der Waals surface area contributed by atoms with Crippen molar-refractivity contribution in [2.45, 2.75) is 20.5 Å². The molecule has 31 heavy (non-hydrogen) atoms. The van der Waals surface area contributed by atoms with E-state index in [0.717, 1.165) is 22.4 Å². The second-order valence-electron chi connectivity index (χ2n) is 7.35. The van der Waals surface area contributed by atoms with E-state index in [9.17, 15) is 4.79 Å². The Labute approximate surface area is 182 Å². The molecule has 0 spiro atoms. The van der Waals surface area contributed by atoms with E-state index in [-0.39, 0.29) is 5.91 Å². The molecule has 5 heteroatoms. The van der Waals surface area contributed by atoms with Gasteiger partial charge in [-0.1, -0.05) is 54.6 Å². The van der Waals surface area contributed by atoms with Gasteiger partial charge in [0.15, 0.2) is 11.5 Å². The molecule has 3 aromatic carbocycles. The van der Waals surface area contributed by atoms with E-state index >= 15 is 0 Å². The topological polar surface area (TPSA) is 51.1 Å². The monoisotopic (exact) mass is 412 g/mol. The van der Waals surface area contributed by atoms with Gasteiger partial charge in [-0.3, -0.25) is 4.79 Å². The molecule has 0 aromatic heterocycles. The number of amides is 1. The van der Waals surface area contributed by atoms with E-state index in [4.69, 9.17) is 9.47 Å². The van der Waals surface area contributed by atoms with Crippen LogP contribution in [0.15, 0.2) is 83.5 Å². The maximum absolute atomic E-state index is 13.1. The summed E-state index contributed by atoms with van der Waals surface area (Å²) in [5, 5.41) is 5.93. The zero-order chi connectivity index (χ0) is 21.8. The zero-order valence-electron chi connectivity index (χ0n) is 17.8. The molecule has 1 amide bonds. The fraction of sp³-hybridized carbons (Fsp3) is 0.154. The van der Waals surface area contributed by atoms with Crippen molar-refractivity contribution < 1.29 is 14.3 Å². The smallest absolute Gasteiger partial charge is 0.280 e. The zero-order valence-corrected chi connectivity index (χ0v) is 17.8. The fourth-order valence-electron chi connectivity index (χ4n) is 3.47. The average Bonchev–Trinajstić information content (AvgIpc) is 3.07. The molecule has 0 unspecified atom stereocenters. The lowest BCUT2D eigenvalue weighted by atomic mass is 10.1. The summed E-state index contributed by atoms with van der Waals surface area (Å²) in [7, 11) is 1.61. The summed E-state index contributed by atoms with van der Waals surface area (Å²) < 4.78 is 11.6. The number of hydrogen-bond donors (Lipinski definition) is 0. The molecule has 0 radical (unpaired) electrons. The van der Waals surface area contributed by atoms with Crippen LogP contribution in [-0.4, -0.2) is 18.7 Å². The van der Waals surface area contributed by atoms with Crippen molar-refractivity contribution in [3.63, 3.8) is 0 Å². The first kappa shape index (κ1) is 20.4. The maximum Gasteiger partial charge on any atom is 0.280 e. The highest BCUT2D eigenvalue weighted by atomic mass is 16.5. The highest BCUT2D eigenvalue weighted by Crippen LogP contribution is 2.35. The average molecular weight is 412 g/mol. The summed E-state index contributed by atoms with van der Waals surface area (Å²) in [6.07, 6.45) is 1.82. The van der Waals surface area contributed by atoms with Crippen LogP contribution in [0.3, 0.4) is 0 Å². The van der Waals surface area contributed by atoms with Crippen LogP contribution in [0, 0.1) is 6.92 Å². The van der Waals surface area contributed by atoms with E-state index < -0.39 is 0 Å². The van der Waals surface area contributed by atoms with Gasteiger partial charge >= 0.3 is 0 Å². The Kier molecular flexibility index (Phi) is 5.85. The van der Waals surface area contributed by atoms with Gasteiger partial charge in [0.25, 0.3) is 5.91 Å². The Morgan fingerprint density at radius 1 is 0.968 bits per heavy atom. The van der Waals surface area contributed by atoms with Gasteiger partial charge in [-0.05, 0) is 49.2 Å². The Morgan fingerprint density at radius 2 is 1.74 bits per heavy atom. The van der Waals surface area contributed by atoms with E-state index in [1.165, 1.54) is 5.01 Å². The van der Waals surface area contributed by atoms with Crippen LogP contribution in [0.25, 0.3) is 6.08 Å². The van der Waals surface area contributed by atoms with Crippen molar-refractivity contribution in [1.82, 2.24) is 0 Å². The van der Waals surface area contributed by atoms with E-state index in [0.29, 0.717) is 29.4 Å². The van der Waals surface area contributed by atoms with Gasteiger partial charge in [0.2, 0.25) is 0 Å². The highest BCUT2D eigenvalue weighted by molar-refractivity contribution is 6.32. The highest BCUT2D eigenvalue weighted by Gasteiger charge is 2.29. The standard InChI is InChI=1S/C26H24N2O3/c1-18-9-7-13-22(15-18)28-26(29)23(19(2)27-28)16-21-12-8-14-24(30-3)25(21)31-17-20-10-5-4-6-11-20/h4-16H,17H2,1-3H3/b23-16-. The molecule has 1 heterocycles. The first-order chi connectivity index (χ1) is 15.1. The van der Waals surface area contributed by atoms with E-state index in [1.54, 1.807) is 7.11 Å². The molecule has 0 fully saturated rings. The molecular weight excluding hydrogens is 388 g/mol. The fourth-order valence-corrected chi connectivity index (χ4v) is 3.47. The predicted molar refractivity (Wildman–Crippen MR) is 124 cm³/mol. The second-order valence-corrected chi connectivity index (χ2v) is 7.35. The number of benzene rings is 3. The van der Waals surface area contributed by atoms with Gasteiger partial charge in [0.05, 0.1) is 24.1 Å². The molecule has 1 aliphatic rings. The molecule has 1 aliphatic heterocycles. The number of para-hydroxylation sites is 1. The number of carbonyl (C=O) groups is 1. The molecule has 3 aromatic rings. The van der Waals surface area contributed by atoms with Gasteiger partial charge in [0.1, 0.15) is 6.61 Å². The molecule has 0 aliphatic carbocycles. The molecule has 0 saturated carbocycles. The first-order valence-corrected chi connectivity index (χ1v) is 10.1. The molecule has 0 N–H and O–H groups in total. The minimum Gasteiger partial charge on any atom is -0.493 e. The Balaban J connectivity index is 1.66. The third-order valence-corrected chi connectivity index (χ3v) is 5.06. The summed E-state index contributed by atoms with van der Waals surface area (Å²) >= 11 is 0. The van der Waals surface area contributed by atoms with E-state index in [1.807, 2.05) is 92.7 Å². The Morgan fingerprint density at radius 3 is 2.48 bits per heavy atom. The number of hydrazone groups is 1. The Hall–Kier alpha value is -3.86. The minimum atomic E-state index is -0.167. The molecule has 5 nitrogen and oxygen atoms in total. The number of anilines is 1. The van der Waals surface area contributed by atoms with Crippen LogP contribution >= 0.6 is 0 Å². The van der Waals surface area contributed by atoms with Crippen LogP contribution in [0.2, 0.25) is 0 Å². The van der Waals surface area contributed by atoms with Crippen molar-refractivity contribution >= 4 is 23.4 Å². The lowest BCUT2D eigenvalue weighted by Gasteiger charge is -2.14. The summed E-state index contributed by atoms with van der Waals surface area (Å²) in [5.74, 6) is 1.04. The molecule has 0 atom stereocenters. The largest absolute Gasteiger partial charge is 0.493 e. The summed E-state index contributed by atoms with van der Waals surface area (Å²) in [6.45, 7) is 4.22. The summed E-state index contributed by atoms with van der Waals surface area (Å²) in [5.41, 5.74) is 4.81. The molecule has 0 bridgehead atoms. The van der Waals surface area contributed by atoms with Crippen LogP contribution in [0.1, 0.15) is 23.6 Å². The number of ether oxygens (including phenoxy) is 2. The van der Waals surface area contributed by atoms with Crippen molar-refractivity contribution in [3.8, 4) is 11.5 Å². The molecule has 4 rings (SSSR count). The van der Waals surface area contributed by atoms with Crippen molar-refractivity contribution in [3.05, 3.63) is 95.1 Å². The number of methoxy groups -OCH3 is 1. The van der Waals surface area contributed by atoms with Gasteiger partial charge in [-0.25, -0.2) is 0 Å². The van der Waals surface area contributed by atoms with Gasteiger partial charge in [0, 0.05) is 5.56 Å². The summed E-state index contributed by atoms with van der Waals surface area (Å²) in [6, 6.07) is 23.3. The van der Waals surface area contributed by atoms with Gasteiger partial charge < -0.3 is 9.47 Å². The molecule has 0 saturated heterocycles. The Bertz CT molecular complexity index is 1170. The summed E-state index contributed by atoms with van der Waals surface area (Å²) in [4.78, 5) is 13.1. The minimum absolute atomic E-state index is 0.167. The molecular formula is C26H24N2O3. The van der Waals surface area contributed by atoms with Crippen LogP contribution in [0.5, 0.6) is 11.5 Å². The second kappa shape index (κ2) is 8.88. The lowest BCUT2D eigenvalue weighted by Crippen LogP contribution is -2.21. The van der Waals surface area contributed by atoms with Crippen molar-refractivity contribution in [2.75, 3.05) is 12.1 Å². The normalized spacial score (nSPS) is 14.7. The van der Waals surface area contributed by atoms with Gasteiger partial charge in [-0.2, -0.15) is 10.1 Å². The SMILES string of the molecule is COc1cccc(/C=C2\C(=O)N(c3cccc(C)c3)N=C2C)c1OCc1ccccc1.